The van der Waals surface area contributed by atoms with Crippen molar-refractivity contribution in [3.8, 4) is 0 Å². The summed E-state index contributed by atoms with van der Waals surface area (Å²) in [5.41, 5.74) is 8.72. The van der Waals surface area contributed by atoms with Crippen LogP contribution in [0.25, 0.3) is 0 Å². The van der Waals surface area contributed by atoms with Crippen LogP contribution in [-0.4, -0.2) is 11.9 Å². The number of carbonyl (C=O) groups is 1. The predicted octanol–water partition coefficient (Wildman–Crippen LogP) is 3.72. The molecule has 0 spiro atoms. The molecule has 5 heteroatoms. The lowest BCUT2D eigenvalue weighted by Crippen LogP contribution is -2.63. The number of hydrogen-bond donors (Lipinski definition) is 1. The fourth-order valence-corrected chi connectivity index (χ4v) is 3.17. The van der Waals surface area contributed by atoms with E-state index in [1.807, 2.05) is 37.3 Å². The molecule has 1 heterocycles. The fraction of sp³-hybridized carbons (Fsp3) is 0.188. The average Bonchev–Trinajstić information content (AvgIpc) is 2.45. The second-order valence-corrected chi connectivity index (χ2v) is 6.03. The molecule has 0 radical (unpaired) electrons. The maximum absolute atomic E-state index is 12.2. The van der Waals surface area contributed by atoms with E-state index >= 15 is 0 Å². The van der Waals surface area contributed by atoms with Gasteiger partial charge in [-0.05, 0) is 42.3 Å². The molecule has 1 aliphatic rings. The van der Waals surface area contributed by atoms with Gasteiger partial charge in [-0.1, -0.05) is 41.4 Å². The van der Waals surface area contributed by atoms with Gasteiger partial charge in [0.15, 0.2) is 0 Å². The number of carbonyl (C=O) groups excluding carboxylic acids is 1. The largest absolute Gasteiger partial charge is 0.318 e. The van der Waals surface area contributed by atoms with Gasteiger partial charge in [0.05, 0.1) is 6.04 Å². The van der Waals surface area contributed by atoms with Crippen molar-refractivity contribution >= 4 is 34.8 Å². The zero-order valence-corrected chi connectivity index (χ0v) is 12.9. The van der Waals surface area contributed by atoms with Crippen LogP contribution in [-0.2, 0) is 4.79 Å². The number of hydrogen-bond acceptors (Lipinski definition) is 2. The van der Waals surface area contributed by atoms with Crippen LogP contribution in [0.15, 0.2) is 42.5 Å². The number of amides is 1. The Morgan fingerprint density at radius 1 is 1.14 bits per heavy atom. The highest BCUT2D eigenvalue weighted by Crippen LogP contribution is 2.41. The molecule has 2 aromatic rings. The van der Waals surface area contributed by atoms with Crippen LogP contribution < -0.4 is 10.6 Å². The van der Waals surface area contributed by atoms with Crippen molar-refractivity contribution in [1.82, 2.24) is 0 Å². The highest BCUT2D eigenvalue weighted by atomic mass is 35.5. The van der Waals surface area contributed by atoms with Crippen LogP contribution in [0.3, 0.4) is 0 Å². The van der Waals surface area contributed by atoms with Crippen molar-refractivity contribution < 1.29 is 4.79 Å². The van der Waals surface area contributed by atoms with Gasteiger partial charge in [0.25, 0.3) is 0 Å². The van der Waals surface area contributed by atoms with E-state index in [1.54, 1.807) is 17.0 Å². The first kappa shape index (κ1) is 14.4. The van der Waals surface area contributed by atoms with Gasteiger partial charge in [-0.25, -0.2) is 0 Å². The van der Waals surface area contributed by atoms with Gasteiger partial charge in [0, 0.05) is 15.7 Å². The van der Waals surface area contributed by atoms with Crippen LogP contribution in [0, 0.1) is 6.92 Å². The van der Waals surface area contributed by atoms with E-state index in [2.05, 4.69) is 0 Å². The molecule has 3 rings (SSSR count). The third-order valence-electron chi connectivity index (χ3n) is 3.70. The zero-order valence-electron chi connectivity index (χ0n) is 11.4. The van der Waals surface area contributed by atoms with Gasteiger partial charge >= 0.3 is 0 Å². The Bertz CT molecular complexity index is 717. The summed E-state index contributed by atoms with van der Waals surface area (Å²) < 4.78 is 0. The summed E-state index contributed by atoms with van der Waals surface area (Å²) in [5, 5.41) is 1.08. The average molecular weight is 321 g/mol. The minimum Gasteiger partial charge on any atom is -0.318 e. The number of anilines is 1. The van der Waals surface area contributed by atoms with Crippen molar-refractivity contribution in [1.29, 1.82) is 0 Å². The first-order valence-corrected chi connectivity index (χ1v) is 7.35. The third kappa shape index (κ3) is 2.42. The summed E-state index contributed by atoms with van der Waals surface area (Å²) in [5.74, 6) is -0.100. The Kier molecular flexibility index (Phi) is 3.66. The zero-order chi connectivity index (χ0) is 15.1. The molecule has 2 N–H and O–H groups in total. The van der Waals surface area contributed by atoms with Crippen LogP contribution >= 0.6 is 23.2 Å². The van der Waals surface area contributed by atoms with E-state index in [4.69, 9.17) is 28.9 Å². The van der Waals surface area contributed by atoms with Gasteiger partial charge in [0.1, 0.15) is 6.04 Å². The van der Waals surface area contributed by atoms with Gasteiger partial charge in [-0.3, -0.25) is 4.79 Å². The maximum atomic E-state index is 12.2. The molecule has 0 aromatic heterocycles. The topological polar surface area (TPSA) is 46.3 Å². The third-order valence-corrected chi connectivity index (χ3v) is 4.26. The monoisotopic (exact) mass is 320 g/mol. The molecule has 1 fully saturated rings. The summed E-state index contributed by atoms with van der Waals surface area (Å²) in [4.78, 5) is 13.9. The lowest BCUT2D eigenvalue weighted by molar-refractivity contribution is -0.126. The Morgan fingerprint density at radius 2 is 1.90 bits per heavy atom. The molecule has 21 heavy (non-hydrogen) atoms. The molecule has 1 aliphatic heterocycles. The van der Waals surface area contributed by atoms with E-state index in [0.717, 1.165) is 16.8 Å². The first-order chi connectivity index (χ1) is 9.99. The van der Waals surface area contributed by atoms with Crippen molar-refractivity contribution in [2.75, 3.05) is 4.90 Å². The van der Waals surface area contributed by atoms with Gasteiger partial charge in [-0.15, -0.1) is 0 Å². The van der Waals surface area contributed by atoms with Crippen LogP contribution in [0.1, 0.15) is 17.2 Å². The van der Waals surface area contributed by atoms with E-state index in [-0.39, 0.29) is 11.9 Å². The summed E-state index contributed by atoms with van der Waals surface area (Å²) in [7, 11) is 0. The number of rotatable bonds is 2. The second kappa shape index (κ2) is 5.34. The Labute approximate surface area is 133 Å². The number of nitrogens with zero attached hydrogens (tertiary/aromatic N) is 1. The second-order valence-electron chi connectivity index (χ2n) is 5.18. The maximum Gasteiger partial charge on any atom is 0.247 e. The van der Waals surface area contributed by atoms with E-state index in [1.165, 1.54) is 0 Å². The van der Waals surface area contributed by atoms with Crippen LogP contribution in [0.4, 0.5) is 5.69 Å². The lowest BCUT2D eigenvalue weighted by atomic mass is 9.88. The summed E-state index contributed by atoms with van der Waals surface area (Å²) in [6.07, 6.45) is 0. The molecule has 2 aromatic carbocycles. The quantitative estimate of drug-likeness (QED) is 0.857. The van der Waals surface area contributed by atoms with Crippen LogP contribution in [0.5, 0.6) is 0 Å². The molecule has 0 unspecified atom stereocenters. The number of aryl methyl sites for hydroxylation is 1. The van der Waals surface area contributed by atoms with Gasteiger partial charge in [0.2, 0.25) is 5.91 Å². The predicted molar refractivity (Wildman–Crippen MR) is 85.8 cm³/mol. The molecule has 1 saturated heterocycles. The van der Waals surface area contributed by atoms with Crippen molar-refractivity contribution in [3.05, 3.63) is 63.6 Å². The highest BCUT2D eigenvalue weighted by molar-refractivity contribution is 6.35. The summed E-state index contributed by atoms with van der Waals surface area (Å²) >= 11 is 12.2. The summed E-state index contributed by atoms with van der Waals surface area (Å²) in [6, 6.07) is 12.2. The number of β-lactam (4-membered cyclic amide) rings is 1. The molecule has 108 valence electrons. The molecule has 2 atom stereocenters. The SMILES string of the molecule is Cc1cccc(N2C(=O)[C@@H](N)[C@@H]2c2ccc(Cl)cc2Cl)c1. The Balaban J connectivity index is 2.02. The summed E-state index contributed by atoms with van der Waals surface area (Å²) in [6.45, 7) is 1.98. The van der Waals surface area contributed by atoms with E-state index < -0.39 is 6.04 Å². The first-order valence-electron chi connectivity index (χ1n) is 6.59. The van der Waals surface area contributed by atoms with Gasteiger partial charge in [-0.2, -0.15) is 0 Å². The minimum atomic E-state index is -0.579. The highest BCUT2D eigenvalue weighted by Gasteiger charge is 2.47. The van der Waals surface area contributed by atoms with Crippen molar-refractivity contribution in [3.63, 3.8) is 0 Å². The molecule has 3 nitrogen and oxygen atoms in total. The Morgan fingerprint density at radius 3 is 2.57 bits per heavy atom. The number of benzene rings is 2. The molecular formula is C16H14Cl2N2O. The molecule has 0 saturated carbocycles. The normalized spacial score (nSPS) is 21.3. The smallest absolute Gasteiger partial charge is 0.247 e. The molecule has 0 aliphatic carbocycles. The van der Waals surface area contributed by atoms with E-state index in [9.17, 15) is 4.79 Å². The number of nitrogens with two attached hydrogens (primary N) is 1. The van der Waals surface area contributed by atoms with Crippen molar-refractivity contribution in [2.45, 2.75) is 19.0 Å². The van der Waals surface area contributed by atoms with Gasteiger partial charge < -0.3 is 10.6 Å². The Hall–Kier alpha value is -1.55. The number of halogens is 2. The minimum absolute atomic E-state index is 0.100. The van der Waals surface area contributed by atoms with Crippen LogP contribution in [0.2, 0.25) is 10.0 Å². The van der Waals surface area contributed by atoms with E-state index in [0.29, 0.717) is 10.0 Å². The lowest BCUT2D eigenvalue weighted by Gasteiger charge is -2.46. The fourth-order valence-electron chi connectivity index (χ4n) is 2.65. The molecule has 1 amide bonds. The molecular weight excluding hydrogens is 307 g/mol. The van der Waals surface area contributed by atoms with Crippen molar-refractivity contribution in [2.24, 2.45) is 5.73 Å². The molecule has 0 bridgehead atoms. The standard InChI is InChI=1S/C16H14Cl2N2O/c1-9-3-2-4-11(7-9)20-15(14(19)16(20)21)12-6-5-10(17)8-13(12)18/h2-8,14-15H,19H2,1H3/t14-,15-/m0/s1.